The molecule has 49 heavy (non-hydrogen) atoms. The molecule has 11 heteroatoms. The van der Waals surface area contributed by atoms with Gasteiger partial charge in [-0.1, -0.05) is 92.7 Å². The van der Waals surface area contributed by atoms with Crippen molar-refractivity contribution in [1.29, 1.82) is 0 Å². The Morgan fingerprint density at radius 3 is 2.33 bits per heavy atom. The van der Waals surface area contributed by atoms with Gasteiger partial charge in [0.2, 0.25) is 11.8 Å². The number of nitrogens with one attached hydrogen (secondary N) is 4. The lowest BCUT2D eigenvalue weighted by molar-refractivity contribution is -0.125. The molecular formula is C38H43N5O6. The molecule has 3 atom stereocenters. The lowest BCUT2D eigenvalue weighted by Gasteiger charge is -2.26. The predicted molar refractivity (Wildman–Crippen MR) is 185 cm³/mol. The number of carbonyl (C=O) groups is 3. The Bertz CT molecular complexity index is 1800. The van der Waals surface area contributed by atoms with Gasteiger partial charge < -0.3 is 35.2 Å². The van der Waals surface area contributed by atoms with E-state index in [-0.39, 0.29) is 24.1 Å². The van der Waals surface area contributed by atoms with Crippen molar-refractivity contribution in [3.8, 4) is 0 Å². The Morgan fingerprint density at radius 2 is 1.59 bits per heavy atom. The van der Waals surface area contributed by atoms with Crippen LogP contribution in [0.25, 0.3) is 10.9 Å². The second-order valence-electron chi connectivity index (χ2n) is 12.4. The van der Waals surface area contributed by atoms with E-state index in [9.17, 15) is 19.5 Å². The Labute approximate surface area is 285 Å². The maximum absolute atomic E-state index is 13.6. The zero-order chi connectivity index (χ0) is 34.6. The molecule has 0 saturated heterocycles. The summed E-state index contributed by atoms with van der Waals surface area (Å²) in [6, 6.07) is 25.1. The molecule has 5 rings (SSSR count). The van der Waals surface area contributed by atoms with Crippen molar-refractivity contribution in [3.63, 3.8) is 0 Å². The molecule has 256 valence electrons. The molecule has 0 saturated carbocycles. The monoisotopic (exact) mass is 665 g/mol. The smallest absolute Gasteiger partial charge is 0.408 e. The van der Waals surface area contributed by atoms with E-state index in [0.29, 0.717) is 32.2 Å². The maximum atomic E-state index is 13.6. The van der Waals surface area contributed by atoms with E-state index in [1.54, 1.807) is 0 Å². The second-order valence-corrected chi connectivity index (χ2v) is 12.4. The molecule has 0 aliphatic heterocycles. The number of para-hydroxylation sites is 1. The van der Waals surface area contributed by atoms with Crippen LogP contribution in [0.5, 0.6) is 0 Å². The van der Waals surface area contributed by atoms with Gasteiger partial charge in [-0.05, 0) is 54.4 Å². The van der Waals surface area contributed by atoms with E-state index in [1.807, 2.05) is 105 Å². The van der Waals surface area contributed by atoms with Crippen molar-refractivity contribution in [2.75, 3.05) is 6.54 Å². The highest BCUT2D eigenvalue weighted by Gasteiger charge is 2.31. The van der Waals surface area contributed by atoms with E-state index in [0.717, 1.165) is 27.6 Å². The Hall–Kier alpha value is -5.42. The lowest BCUT2D eigenvalue weighted by atomic mass is 9.99. The summed E-state index contributed by atoms with van der Waals surface area (Å²) in [4.78, 5) is 46.8. The summed E-state index contributed by atoms with van der Waals surface area (Å²) in [7, 11) is 0. The van der Waals surface area contributed by atoms with Gasteiger partial charge in [-0.2, -0.15) is 0 Å². The molecular weight excluding hydrogens is 622 g/mol. The number of aryl methyl sites for hydroxylation is 1. The summed E-state index contributed by atoms with van der Waals surface area (Å²) in [6.07, 6.45) is 2.85. The molecule has 2 heterocycles. The number of amides is 3. The van der Waals surface area contributed by atoms with Crippen LogP contribution in [0.1, 0.15) is 65.9 Å². The van der Waals surface area contributed by atoms with E-state index < -0.39 is 36.1 Å². The zero-order valence-corrected chi connectivity index (χ0v) is 27.7. The van der Waals surface area contributed by atoms with Gasteiger partial charge in [0.25, 0.3) is 5.91 Å². The van der Waals surface area contributed by atoms with Gasteiger partial charge in [-0.25, -0.2) is 9.78 Å². The number of ether oxygens (including phenoxy) is 1. The third kappa shape index (κ3) is 10.0. The highest BCUT2D eigenvalue weighted by molar-refractivity contribution is 5.92. The number of aromatic amines is 1. The van der Waals surface area contributed by atoms with Crippen molar-refractivity contribution >= 4 is 28.8 Å². The van der Waals surface area contributed by atoms with Crippen molar-refractivity contribution in [2.45, 2.75) is 64.3 Å². The van der Waals surface area contributed by atoms with Crippen LogP contribution in [0.3, 0.4) is 0 Å². The van der Waals surface area contributed by atoms with Crippen molar-refractivity contribution in [3.05, 3.63) is 126 Å². The number of carbonyl (C=O) groups excluding carboxylic acids is 3. The quantitative estimate of drug-likeness (QED) is 0.0915. The number of aromatic nitrogens is 2. The second kappa shape index (κ2) is 17.1. The first-order valence-corrected chi connectivity index (χ1v) is 16.5. The lowest BCUT2D eigenvalue weighted by Crippen LogP contribution is -2.51. The fraction of sp³-hybridized carbons (Fsp3) is 0.316. The number of hydrogen-bond donors (Lipinski definition) is 5. The van der Waals surface area contributed by atoms with Gasteiger partial charge in [0.1, 0.15) is 18.9 Å². The Balaban J connectivity index is 1.23. The minimum Gasteiger partial charge on any atom is -0.445 e. The topological polar surface area (TPSA) is 159 Å². The fourth-order valence-electron chi connectivity index (χ4n) is 5.61. The number of benzene rings is 3. The molecule has 0 aliphatic carbocycles. The molecule has 0 radical (unpaired) electrons. The zero-order valence-electron chi connectivity index (χ0n) is 27.7. The summed E-state index contributed by atoms with van der Waals surface area (Å²) in [6.45, 7) is 4.32. The van der Waals surface area contributed by atoms with Crippen LogP contribution >= 0.6 is 0 Å². The molecule has 3 aromatic carbocycles. The maximum Gasteiger partial charge on any atom is 0.408 e. The van der Waals surface area contributed by atoms with Gasteiger partial charge in [0, 0.05) is 23.6 Å². The molecule has 5 N–H and O–H groups in total. The highest BCUT2D eigenvalue weighted by Crippen LogP contribution is 2.22. The summed E-state index contributed by atoms with van der Waals surface area (Å²) in [5.41, 5.74) is 3.96. The number of aliphatic hydroxyl groups excluding tert-OH is 1. The number of aliphatic hydroxyl groups is 1. The Kier molecular flexibility index (Phi) is 12.2. The number of nitrogens with zero attached hydrogens (tertiary/aromatic N) is 1. The average molecular weight is 666 g/mol. The minimum atomic E-state index is -1.37. The van der Waals surface area contributed by atoms with Crippen LogP contribution in [0, 0.1) is 5.92 Å². The number of oxazole rings is 1. The summed E-state index contributed by atoms with van der Waals surface area (Å²) < 4.78 is 10.9. The predicted octanol–water partition coefficient (Wildman–Crippen LogP) is 5.62. The van der Waals surface area contributed by atoms with Crippen LogP contribution in [0.15, 0.2) is 102 Å². The average Bonchev–Trinajstić information content (AvgIpc) is 3.77. The molecule has 0 bridgehead atoms. The van der Waals surface area contributed by atoms with Crippen LogP contribution in [0.2, 0.25) is 0 Å². The van der Waals surface area contributed by atoms with Gasteiger partial charge in [-0.15, -0.1) is 0 Å². The largest absolute Gasteiger partial charge is 0.445 e. The van der Waals surface area contributed by atoms with E-state index in [1.165, 1.54) is 6.26 Å². The van der Waals surface area contributed by atoms with Crippen molar-refractivity contribution < 1.29 is 28.6 Å². The van der Waals surface area contributed by atoms with Gasteiger partial charge >= 0.3 is 6.09 Å². The molecule has 5 aromatic rings. The molecule has 2 aromatic heterocycles. The molecule has 11 nitrogen and oxygen atoms in total. The van der Waals surface area contributed by atoms with Crippen LogP contribution in [-0.2, 0) is 29.0 Å². The number of fused-ring (bicyclic) bond motifs is 1. The Morgan fingerprint density at radius 1 is 0.898 bits per heavy atom. The van der Waals surface area contributed by atoms with Gasteiger partial charge in [0.05, 0.1) is 6.04 Å². The molecule has 0 spiro atoms. The molecule has 0 fully saturated rings. The third-order valence-corrected chi connectivity index (χ3v) is 8.19. The van der Waals surface area contributed by atoms with Gasteiger partial charge in [-0.3, -0.25) is 9.59 Å². The third-order valence-electron chi connectivity index (χ3n) is 8.19. The normalized spacial score (nSPS) is 13.1. The van der Waals surface area contributed by atoms with E-state index >= 15 is 0 Å². The van der Waals surface area contributed by atoms with E-state index in [4.69, 9.17) is 9.15 Å². The SMILES string of the molecule is CC(C)CC(NC(=O)OCc1ccccc1)C(=O)NC(CCc1ccccc1)C(O)c1nc(C(=O)NCCc2c[nH]c3ccccc23)co1. The first-order valence-electron chi connectivity index (χ1n) is 16.5. The minimum absolute atomic E-state index is 0.0154. The first kappa shape index (κ1) is 34.9. The first-order chi connectivity index (χ1) is 23.8. The standard InChI is InChI=1S/C38H43N5O6/c1-25(2)21-32(43-38(47)49-23-27-13-7-4-8-14-27)36(46)41-31(18-17-26-11-5-3-6-12-26)34(44)37-42-33(24-48-37)35(45)39-20-19-28-22-40-30-16-10-9-15-29(28)30/h3-16,22,24-25,31-32,34,40,44H,17-21,23H2,1-2H3,(H,39,45)(H,41,46)(H,43,47). The molecule has 0 aliphatic rings. The van der Waals surface area contributed by atoms with Crippen molar-refractivity contribution in [1.82, 2.24) is 25.9 Å². The summed E-state index contributed by atoms with van der Waals surface area (Å²) >= 11 is 0. The summed E-state index contributed by atoms with van der Waals surface area (Å²) in [5, 5.41) is 21.0. The number of H-pyrrole nitrogens is 1. The van der Waals surface area contributed by atoms with E-state index in [2.05, 4.69) is 25.9 Å². The molecule has 3 unspecified atom stereocenters. The van der Waals surface area contributed by atoms with Gasteiger partial charge in [0.15, 0.2) is 11.8 Å². The van der Waals surface area contributed by atoms with Crippen LogP contribution in [-0.4, -0.2) is 51.6 Å². The number of hydrogen-bond acceptors (Lipinski definition) is 7. The fourth-order valence-corrected chi connectivity index (χ4v) is 5.61. The molecule has 3 amide bonds. The summed E-state index contributed by atoms with van der Waals surface area (Å²) in [5.74, 6) is -0.955. The van der Waals surface area contributed by atoms with Crippen molar-refractivity contribution in [2.24, 2.45) is 5.92 Å². The number of alkyl carbamates (subject to hydrolysis) is 1. The number of rotatable bonds is 16. The highest BCUT2D eigenvalue weighted by atomic mass is 16.5. The van der Waals surface area contributed by atoms with Crippen LogP contribution in [0.4, 0.5) is 4.79 Å². The van der Waals surface area contributed by atoms with Crippen LogP contribution < -0.4 is 16.0 Å².